The normalized spacial score (nSPS) is 11.4. The lowest BCUT2D eigenvalue weighted by atomic mass is 10.2. The Balaban J connectivity index is 1.55. The summed E-state index contributed by atoms with van der Waals surface area (Å²) in [5.74, 6) is -1.38. The number of hydrogen-bond donors (Lipinski definition) is 2. The number of nitrogens with one attached hydrogen (secondary N) is 2. The van der Waals surface area contributed by atoms with E-state index in [2.05, 4.69) is 10.6 Å². The van der Waals surface area contributed by atoms with E-state index in [-0.39, 0.29) is 11.3 Å². The van der Waals surface area contributed by atoms with Crippen LogP contribution in [0.1, 0.15) is 27.8 Å². The van der Waals surface area contributed by atoms with Crippen molar-refractivity contribution in [2.45, 2.75) is 13.0 Å². The fourth-order valence-electron chi connectivity index (χ4n) is 2.38. The zero-order valence-electron chi connectivity index (χ0n) is 15.3. The standard InChI is InChI=1S/C21H17ClN2O5/c1-13(19(25)24-17-5-2-4-15(22)12-17)29-21(27)14-7-9-16(10-8-14)23-20(26)18-6-3-11-28-18/h2-13H,1H3,(H,23,26)(H,24,25)/t13-/m1/s1. The smallest absolute Gasteiger partial charge is 0.338 e. The summed E-state index contributed by atoms with van der Waals surface area (Å²) in [5, 5.41) is 5.75. The maximum Gasteiger partial charge on any atom is 0.338 e. The molecule has 1 heterocycles. The van der Waals surface area contributed by atoms with Gasteiger partial charge in [0.05, 0.1) is 11.8 Å². The molecular weight excluding hydrogens is 396 g/mol. The molecule has 2 amide bonds. The van der Waals surface area contributed by atoms with E-state index in [4.69, 9.17) is 20.8 Å². The average Bonchev–Trinajstić information content (AvgIpc) is 3.23. The monoisotopic (exact) mass is 412 g/mol. The molecule has 0 saturated heterocycles. The molecule has 0 unspecified atom stereocenters. The Morgan fingerprint density at radius 1 is 0.966 bits per heavy atom. The summed E-state index contributed by atoms with van der Waals surface area (Å²) in [6, 6.07) is 15.9. The molecule has 1 atom stereocenters. The lowest BCUT2D eigenvalue weighted by Gasteiger charge is -2.14. The van der Waals surface area contributed by atoms with Crippen LogP contribution in [0.5, 0.6) is 0 Å². The first-order valence-electron chi connectivity index (χ1n) is 8.65. The minimum absolute atomic E-state index is 0.174. The van der Waals surface area contributed by atoms with Crippen LogP contribution in [0.2, 0.25) is 5.02 Å². The molecule has 29 heavy (non-hydrogen) atoms. The van der Waals surface area contributed by atoms with Crippen molar-refractivity contribution in [1.82, 2.24) is 0 Å². The molecule has 2 N–H and O–H groups in total. The maximum atomic E-state index is 12.3. The van der Waals surface area contributed by atoms with Gasteiger partial charge < -0.3 is 19.8 Å². The first-order valence-corrected chi connectivity index (χ1v) is 9.02. The third kappa shape index (κ3) is 5.46. The quantitative estimate of drug-likeness (QED) is 0.586. The second kappa shape index (κ2) is 9.07. The molecule has 0 aliphatic rings. The number of rotatable bonds is 6. The van der Waals surface area contributed by atoms with Crippen LogP contribution >= 0.6 is 11.6 Å². The number of anilines is 2. The largest absolute Gasteiger partial charge is 0.459 e. The van der Waals surface area contributed by atoms with Crippen molar-refractivity contribution in [3.8, 4) is 0 Å². The van der Waals surface area contributed by atoms with Gasteiger partial charge in [-0.15, -0.1) is 0 Å². The van der Waals surface area contributed by atoms with Gasteiger partial charge in [-0.1, -0.05) is 17.7 Å². The lowest BCUT2D eigenvalue weighted by Crippen LogP contribution is -2.30. The number of amides is 2. The molecule has 0 spiro atoms. The fraction of sp³-hybridized carbons (Fsp3) is 0.0952. The van der Waals surface area contributed by atoms with Gasteiger partial charge in [0.25, 0.3) is 11.8 Å². The third-order valence-electron chi connectivity index (χ3n) is 3.87. The van der Waals surface area contributed by atoms with E-state index in [1.165, 1.54) is 31.4 Å². The van der Waals surface area contributed by atoms with E-state index in [0.29, 0.717) is 16.4 Å². The van der Waals surface area contributed by atoms with E-state index in [0.717, 1.165) is 0 Å². The minimum Gasteiger partial charge on any atom is -0.459 e. The summed E-state index contributed by atoms with van der Waals surface area (Å²) >= 11 is 5.88. The maximum absolute atomic E-state index is 12.3. The molecule has 3 rings (SSSR count). The van der Waals surface area contributed by atoms with Crippen LogP contribution in [0.3, 0.4) is 0 Å². The van der Waals surface area contributed by atoms with Crippen LogP contribution in [0.15, 0.2) is 71.3 Å². The number of halogens is 1. The van der Waals surface area contributed by atoms with E-state index < -0.39 is 23.9 Å². The highest BCUT2D eigenvalue weighted by atomic mass is 35.5. The Morgan fingerprint density at radius 3 is 2.38 bits per heavy atom. The summed E-state index contributed by atoms with van der Waals surface area (Å²) in [7, 11) is 0. The topological polar surface area (TPSA) is 97.6 Å². The SMILES string of the molecule is C[C@@H](OC(=O)c1ccc(NC(=O)c2ccco2)cc1)C(=O)Nc1cccc(Cl)c1. The molecule has 3 aromatic rings. The average molecular weight is 413 g/mol. The second-order valence-electron chi connectivity index (χ2n) is 6.06. The molecule has 0 bridgehead atoms. The van der Waals surface area contributed by atoms with Crippen molar-refractivity contribution < 1.29 is 23.5 Å². The molecule has 8 heteroatoms. The van der Waals surface area contributed by atoms with Crippen molar-refractivity contribution >= 4 is 40.8 Å². The number of ether oxygens (including phenoxy) is 1. The third-order valence-corrected chi connectivity index (χ3v) is 4.10. The highest BCUT2D eigenvalue weighted by Gasteiger charge is 2.19. The van der Waals surface area contributed by atoms with E-state index in [9.17, 15) is 14.4 Å². The molecule has 148 valence electrons. The van der Waals surface area contributed by atoms with Crippen LogP contribution in [0.4, 0.5) is 11.4 Å². The van der Waals surface area contributed by atoms with Crippen LogP contribution in [-0.2, 0) is 9.53 Å². The molecule has 0 saturated carbocycles. The fourth-order valence-corrected chi connectivity index (χ4v) is 2.57. The molecule has 0 radical (unpaired) electrons. The first kappa shape index (κ1) is 20.2. The molecule has 0 aliphatic heterocycles. The Hall–Kier alpha value is -3.58. The Kier molecular flexibility index (Phi) is 6.31. The summed E-state index contributed by atoms with van der Waals surface area (Å²) in [6.07, 6.45) is 0.386. The Labute approximate surface area is 171 Å². The van der Waals surface area contributed by atoms with Gasteiger partial charge in [0.2, 0.25) is 0 Å². The van der Waals surface area contributed by atoms with Crippen LogP contribution in [0.25, 0.3) is 0 Å². The van der Waals surface area contributed by atoms with Crippen molar-refractivity contribution in [3.05, 3.63) is 83.3 Å². The summed E-state index contributed by atoms with van der Waals surface area (Å²) in [5.41, 5.74) is 1.22. The van der Waals surface area contributed by atoms with Crippen LogP contribution in [0, 0.1) is 0 Å². The predicted molar refractivity (Wildman–Crippen MR) is 108 cm³/mol. The number of esters is 1. The van der Waals surface area contributed by atoms with Gasteiger partial charge in [-0.3, -0.25) is 9.59 Å². The van der Waals surface area contributed by atoms with Crippen molar-refractivity contribution in [2.24, 2.45) is 0 Å². The van der Waals surface area contributed by atoms with Crippen molar-refractivity contribution in [2.75, 3.05) is 10.6 Å². The molecule has 1 aromatic heterocycles. The van der Waals surface area contributed by atoms with Crippen molar-refractivity contribution in [3.63, 3.8) is 0 Å². The highest BCUT2D eigenvalue weighted by molar-refractivity contribution is 6.30. The van der Waals surface area contributed by atoms with E-state index >= 15 is 0 Å². The summed E-state index contributed by atoms with van der Waals surface area (Å²) in [6.45, 7) is 1.47. The van der Waals surface area contributed by atoms with Gasteiger partial charge in [0.1, 0.15) is 0 Å². The lowest BCUT2D eigenvalue weighted by molar-refractivity contribution is -0.123. The van der Waals surface area contributed by atoms with E-state index in [1.807, 2.05) is 0 Å². The zero-order chi connectivity index (χ0) is 20.8. The van der Waals surface area contributed by atoms with Gasteiger partial charge in [-0.2, -0.15) is 0 Å². The first-order chi connectivity index (χ1) is 13.9. The second-order valence-corrected chi connectivity index (χ2v) is 6.49. The molecule has 0 fully saturated rings. The van der Waals surface area contributed by atoms with Gasteiger partial charge in [0, 0.05) is 16.4 Å². The Bertz CT molecular complexity index is 1020. The molecular formula is C21H17ClN2O5. The van der Waals surface area contributed by atoms with Gasteiger partial charge in [-0.25, -0.2) is 4.79 Å². The van der Waals surface area contributed by atoms with Gasteiger partial charge in [0.15, 0.2) is 11.9 Å². The van der Waals surface area contributed by atoms with Crippen LogP contribution in [-0.4, -0.2) is 23.9 Å². The number of hydrogen-bond acceptors (Lipinski definition) is 5. The number of furan rings is 1. The van der Waals surface area contributed by atoms with E-state index in [1.54, 1.807) is 42.5 Å². The van der Waals surface area contributed by atoms with Gasteiger partial charge in [-0.05, 0) is 61.5 Å². The molecule has 7 nitrogen and oxygen atoms in total. The molecule has 0 aliphatic carbocycles. The number of benzene rings is 2. The zero-order valence-corrected chi connectivity index (χ0v) is 16.1. The number of carbonyl (C=O) groups is 3. The van der Waals surface area contributed by atoms with Crippen LogP contribution < -0.4 is 10.6 Å². The summed E-state index contributed by atoms with van der Waals surface area (Å²) in [4.78, 5) is 36.4. The Morgan fingerprint density at radius 2 is 1.72 bits per heavy atom. The molecule has 2 aromatic carbocycles. The predicted octanol–water partition coefficient (Wildman–Crippen LogP) is 4.37. The summed E-state index contributed by atoms with van der Waals surface area (Å²) < 4.78 is 10.2. The number of carbonyl (C=O) groups excluding carboxylic acids is 3. The van der Waals surface area contributed by atoms with Gasteiger partial charge >= 0.3 is 5.97 Å². The highest BCUT2D eigenvalue weighted by Crippen LogP contribution is 2.16. The minimum atomic E-state index is -1.01. The van der Waals surface area contributed by atoms with Crippen molar-refractivity contribution in [1.29, 1.82) is 0 Å².